The van der Waals surface area contributed by atoms with Gasteiger partial charge in [0.25, 0.3) is 5.91 Å². The number of nitrogens with zero attached hydrogens (tertiary/aromatic N) is 5. The van der Waals surface area contributed by atoms with Crippen LogP contribution in [0.1, 0.15) is 57.1 Å². The fraction of sp³-hybridized carbons (Fsp3) is 0.500. The Morgan fingerprint density at radius 3 is 2.49 bits per heavy atom. The Morgan fingerprint density at radius 2 is 1.87 bits per heavy atom. The van der Waals surface area contributed by atoms with Gasteiger partial charge in [0.05, 0.1) is 12.1 Å². The number of hydrogen-bond donors (Lipinski definition) is 3. The highest BCUT2D eigenvalue weighted by molar-refractivity contribution is 5.93. The van der Waals surface area contributed by atoms with Gasteiger partial charge in [0.1, 0.15) is 17.6 Å². The van der Waals surface area contributed by atoms with Crippen molar-refractivity contribution < 1.29 is 23.6 Å². The molecule has 0 aliphatic carbocycles. The van der Waals surface area contributed by atoms with E-state index < -0.39 is 23.5 Å². The Hall–Kier alpha value is -4.39. The summed E-state index contributed by atoms with van der Waals surface area (Å²) in [5.74, 6) is -1.14. The zero-order valence-electron chi connectivity index (χ0n) is 26.7. The first-order chi connectivity index (χ1) is 21.3. The van der Waals surface area contributed by atoms with E-state index in [0.717, 1.165) is 5.56 Å². The topological polar surface area (TPSA) is 141 Å². The van der Waals surface area contributed by atoms with Gasteiger partial charge in [-0.1, -0.05) is 32.9 Å². The molecule has 1 unspecified atom stereocenters. The fourth-order valence-corrected chi connectivity index (χ4v) is 5.50. The molecule has 242 valence electrons. The average molecular weight is 623 g/mol. The lowest BCUT2D eigenvalue weighted by Gasteiger charge is -2.37. The van der Waals surface area contributed by atoms with Crippen molar-refractivity contribution in [2.24, 2.45) is 5.41 Å². The summed E-state index contributed by atoms with van der Waals surface area (Å²) in [7, 11) is 1.67. The van der Waals surface area contributed by atoms with E-state index in [9.17, 15) is 23.6 Å². The lowest BCUT2D eigenvalue weighted by atomic mass is 9.85. The van der Waals surface area contributed by atoms with E-state index in [1.165, 1.54) is 19.1 Å². The second-order valence-electron chi connectivity index (χ2n) is 12.7. The van der Waals surface area contributed by atoms with Crippen LogP contribution in [0.4, 0.5) is 4.39 Å². The maximum Gasteiger partial charge on any atom is 0.274 e. The predicted octanol–water partition coefficient (Wildman–Crippen LogP) is 1.80. The zero-order chi connectivity index (χ0) is 32.9. The van der Waals surface area contributed by atoms with Crippen molar-refractivity contribution >= 4 is 29.4 Å². The second kappa shape index (κ2) is 14.1. The molecule has 4 rings (SSSR count). The van der Waals surface area contributed by atoms with Crippen molar-refractivity contribution in [3.8, 4) is 0 Å². The number of likely N-dealkylation sites (tertiary alicyclic amines) is 1. The summed E-state index contributed by atoms with van der Waals surface area (Å²) in [5, 5.41) is 8.74. The number of benzene rings is 1. The van der Waals surface area contributed by atoms with Crippen molar-refractivity contribution in [2.45, 2.75) is 71.6 Å². The Bertz CT molecular complexity index is 1490. The highest BCUT2D eigenvalue weighted by atomic mass is 19.1. The van der Waals surface area contributed by atoms with Crippen LogP contribution in [0.15, 0.2) is 48.9 Å². The van der Waals surface area contributed by atoms with Crippen molar-refractivity contribution in [3.05, 3.63) is 66.0 Å². The van der Waals surface area contributed by atoms with Gasteiger partial charge in [0.15, 0.2) is 0 Å². The molecule has 13 heteroatoms. The van der Waals surface area contributed by atoms with Crippen LogP contribution in [-0.4, -0.2) is 98.6 Å². The number of nitrogens with one attached hydrogen (secondary N) is 3. The largest absolute Gasteiger partial charge is 0.352 e. The Kier molecular flexibility index (Phi) is 10.5. The molecule has 0 radical (unpaired) electrons. The minimum atomic E-state index is -0.854. The molecule has 0 saturated carbocycles. The number of halogens is 1. The maximum absolute atomic E-state index is 14.2. The van der Waals surface area contributed by atoms with Gasteiger partial charge in [-0.25, -0.2) is 14.4 Å². The van der Waals surface area contributed by atoms with Crippen molar-refractivity contribution in [1.82, 2.24) is 40.1 Å². The lowest BCUT2D eigenvalue weighted by Crippen LogP contribution is -2.59. The Morgan fingerprint density at radius 1 is 1.16 bits per heavy atom. The molecule has 1 aliphatic heterocycles. The van der Waals surface area contributed by atoms with E-state index in [-0.39, 0.29) is 60.8 Å². The van der Waals surface area contributed by atoms with Gasteiger partial charge in [-0.3, -0.25) is 23.6 Å². The molecule has 3 aromatic rings. The molecule has 0 bridgehead atoms. The Balaban J connectivity index is 1.65. The van der Waals surface area contributed by atoms with Gasteiger partial charge in [-0.2, -0.15) is 0 Å². The summed E-state index contributed by atoms with van der Waals surface area (Å²) in [6.45, 7) is 9.43. The maximum atomic E-state index is 14.2. The molecule has 3 N–H and O–H groups in total. The van der Waals surface area contributed by atoms with Crippen LogP contribution in [0, 0.1) is 11.2 Å². The third kappa shape index (κ3) is 8.41. The van der Waals surface area contributed by atoms with Crippen LogP contribution < -0.4 is 16.0 Å². The first-order valence-electron chi connectivity index (χ1n) is 15.2. The molecule has 2 aromatic heterocycles. The van der Waals surface area contributed by atoms with Crippen LogP contribution in [0.2, 0.25) is 0 Å². The van der Waals surface area contributed by atoms with E-state index in [1.807, 2.05) is 20.8 Å². The first-order valence-corrected chi connectivity index (χ1v) is 15.2. The third-order valence-electron chi connectivity index (χ3n) is 8.09. The van der Waals surface area contributed by atoms with Crippen LogP contribution in [-0.2, 0) is 20.8 Å². The van der Waals surface area contributed by atoms with Crippen LogP contribution in [0.5, 0.6) is 0 Å². The smallest absolute Gasteiger partial charge is 0.274 e. The van der Waals surface area contributed by atoms with Gasteiger partial charge in [0.2, 0.25) is 23.5 Å². The number of imidazole rings is 1. The molecule has 4 amide bonds. The molecule has 3 heterocycles. The molecular weight excluding hydrogens is 579 g/mol. The molecule has 1 aliphatic rings. The second-order valence-corrected chi connectivity index (χ2v) is 12.7. The number of carbonyl (C=O) groups excluding carboxylic acids is 4. The first kappa shape index (κ1) is 33.5. The average Bonchev–Trinajstić information content (AvgIpc) is 3.60. The summed E-state index contributed by atoms with van der Waals surface area (Å²) in [4.78, 5) is 65.1. The molecule has 1 aromatic carbocycles. The number of rotatable bonds is 11. The van der Waals surface area contributed by atoms with Gasteiger partial charge < -0.3 is 25.8 Å². The summed E-state index contributed by atoms with van der Waals surface area (Å²) in [6.07, 6.45) is 5.81. The van der Waals surface area contributed by atoms with E-state index in [0.29, 0.717) is 18.6 Å². The summed E-state index contributed by atoms with van der Waals surface area (Å²) in [5.41, 5.74) is 0.414. The number of amides is 4. The van der Waals surface area contributed by atoms with E-state index >= 15 is 0 Å². The number of aromatic nitrogens is 3. The molecule has 45 heavy (non-hydrogen) atoms. The molecule has 1 saturated heterocycles. The normalized spacial score (nSPS) is 18.0. The van der Waals surface area contributed by atoms with Crippen molar-refractivity contribution in [2.75, 3.05) is 26.7 Å². The monoisotopic (exact) mass is 622 g/mol. The summed E-state index contributed by atoms with van der Waals surface area (Å²) in [6, 6.07) is 5.67. The SMILES string of the molecule is CN[C@@H](C)C(=O)N[C@H](C(=O)N1C[C@@H](NC(C)=O)CC1CN(CCc1ccc(F)cc1)C(=O)c1cn2cccnc2n1)C(C)(C)C. The Labute approximate surface area is 262 Å². The van der Waals surface area contributed by atoms with Crippen LogP contribution >= 0.6 is 0 Å². The van der Waals surface area contributed by atoms with E-state index in [1.54, 1.807) is 65.0 Å². The molecular formula is C32H43FN8O4. The fourth-order valence-electron chi connectivity index (χ4n) is 5.50. The summed E-state index contributed by atoms with van der Waals surface area (Å²) >= 11 is 0. The molecule has 4 atom stereocenters. The standard InChI is InChI=1S/C32H43FN8O4/c1-20(34-6)28(43)38-27(32(3,4)5)30(45)41-17-24(36-21(2)42)16-25(41)18-39(15-12-22-8-10-23(33)11-9-22)29(44)26-19-40-14-7-13-35-31(40)37-26/h7-11,13-14,19-20,24-25,27,34H,12,15-18H2,1-6H3,(H,36,42)(H,38,43)/t20-,24-,25?,27+/m0/s1. The van der Waals surface area contributed by atoms with Crippen LogP contribution in [0.3, 0.4) is 0 Å². The minimum absolute atomic E-state index is 0.154. The van der Waals surface area contributed by atoms with Crippen molar-refractivity contribution in [1.29, 1.82) is 0 Å². The van der Waals surface area contributed by atoms with Crippen LogP contribution in [0.25, 0.3) is 5.78 Å². The third-order valence-corrected chi connectivity index (χ3v) is 8.09. The quantitative estimate of drug-likeness (QED) is 0.296. The highest BCUT2D eigenvalue weighted by Gasteiger charge is 2.43. The van der Waals surface area contributed by atoms with Crippen molar-refractivity contribution in [3.63, 3.8) is 0 Å². The molecule has 12 nitrogen and oxygen atoms in total. The van der Waals surface area contributed by atoms with E-state index in [4.69, 9.17) is 0 Å². The van der Waals surface area contributed by atoms with Gasteiger partial charge in [-0.15, -0.1) is 0 Å². The molecule has 0 spiro atoms. The van der Waals surface area contributed by atoms with E-state index in [2.05, 4.69) is 25.9 Å². The summed E-state index contributed by atoms with van der Waals surface area (Å²) < 4.78 is 15.2. The minimum Gasteiger partial charge on any atom is -0.352 e. The highest BCUT2D eigenvalue weighted by Crippen LogP contribution is 2.27. The van der Waals surface area contributed by atoms with Gasteiger partial charge in [-0.05, 0) is 56.0 Å². The number of likely N-dealkylation sites (N-methyl/N-ethyl adjacent to an activating group) is 1. The lowest BCUT2D eigenvalue weighted by molar-refractivity contribution is -0.140. The zero-order valence-corrected chi connectivity index (χ0v) is 26.7. The predicted molar refractivity (Wildman–Crippen MR) is 167 cm³/mol. The number of fused-ring (bicyclic) bond motifs is 1. The number of carbonyl (C=O) groups is 4. The molecule has 1 fully saturated rings. The van der Waals surface area contributed by atoms with Gasteiger partial charge in [0, 0.05) is 51.2 Å². The number of hydrogen-bond acceptors (Lipinski definition) is 7. The van der Waals surface area contributed by atoms with Gasteiger partial charge >= 0.3 is 0 Å².